The van der Waals surface area contributed by atoms with Crippen molar-refractivity contribution in [2.45, 2.75) is 56.1 Å². The van der Waals surface area contributed by atoms with E-state index in [4.69, 9.17) is 5.14 Å². The van der Waals surface area contributed by atoms with Gasteiger partial charge in [-0.2, -0.15) is 0 Å². The fourth-order valence-corrected chi connectivity index (χ4v) is 4.12. The molecule has 0 bridgehead atoms. The standard InChI is InChI=1S/C15H23N3O2S/c1-10-3-4-12(8-15(10)21(16,19)20)17-13-7-11(2)18(9-13)14-5-6-14/h3-4,8,11,13-14,17H,5-7,9H2,1-2H3,(H2,16,19,20). The van der Waals surface area contributed by atoms with Crippen LogP contribution >= 0.6 is 0 Å². The molecular formula is C15H23N3O2S. The molecule has 3 rings (SSSR count). The molecule has 3 N–H and O–H groups in total. The summed E-state index contributed by atoms with van der Waals surface area (Å²) in [6.07, 6.45) is 3.73. The minimum absolute atomic E-state index is 0.206. The average molecular weight is 309 g/mol. The Morgan fingerprint density at radius 2 is 2.05 bits per heavy atom. The molecule has 116 valence electrons. The maximum absolute atomic E-state index is 11.6. The van der Waals surface area contributed by atoms with Crippen LogP contribution < -0.4 is 10.5 Å². The van der Waals surface area contributed by atoms with Crippen LogP contribution in [0.25, 0.3) is 0 Å². The van der Waals surface area contributed by atoms with Crippen LogP contribution in [0.15, 0.2) is 23.1 Å². The molecule has 2 aliphatic rings. The number of hydrogen-bond donors (Lipinski definition) is 2. The molecule has 0 aromatic heterocycles. The number of rotatable bonds is 4. The fourth-order valence-electron chi connectivity index (χ4n) is 3.31. The van der Waals surface area contributed by atoms with Crippen LogP contribution in [0.4, 0.5) is 5.69 Å². The van der Waals surface area contributed by atoms with Crippen molar-refractivity contribution < 1.29 is 8.42 Å². The van der Waals surface area contributed by atoms with Crippen molar-refractivity contribution in [3.05, 3.63) is 23.8 Å². The van der Waals surface area contributed by atoms with Gasteiger partial charge in [-0.3, -0.25) is 4.90 Å². The summed E-state index contributed by atoms with van der Waals surface area (Å²) in [4.78, 5) is 2.77. The van der Waals surface area contributed by atoms with Gasteiger partial charge in [-0.25, -0.2) is 13.6 Å². The molecule has 0 amide bonds. The highest BCUT2D eigenvalue weighted by Crippen LogP contribution is 2.34. The predicted molar refractivity (Wildman–Crippen MR) is 83.8 cm³/mol. The Balaban J connectivity index is 1.74. The van der Waals surface area contributed by atoms with E-state index in [-0.39, 0.29) is 4.90 Å². The third-order valence-electron chi connectivity index (χ3n) is 4.50. The summed E-state index contributed by atoms with van der Waals surface area (Å²) in [5.41, 5.74) is 1.52. The number of primary sulfonamides is 1. The third-order valence-corrected chi connectivity index (χ3v) is 5.56. The monoisotopic (exact) mass is 309 g/mol. The summed E-state index contributed by atoms with van der Waals surface area (Å²) in [5.74, 6) is 0. The highest BCUT2D eigenvalue weighted by molar-refractivity contribution is 7.89. The smallest absolute Gasteiger partial charge is 0.238 e. The van der Waals surface area contributed by atoms with Crippen LogP contribution in [0, 0.1) is 6.92 Å². The van der Waals surface area contributed by atoms with Crippen molar-refractivity contribution in [1.82, 2.24) is 4.90 Å². The lowest BCUT2D eigenvalue weighted by atomic mass is 10.1. The molecule has 5 nitrogen and oxygen atoms in total. The molecule has 2 unspecified atom stereocenters. The van der Waals surface area contributed by atoms with Crippen LogP contribution in [-0.4, -0.2) is 38.0 Å². The van der Waals surface area contributed by atoms with Crippen molar-refractivity contribution in [3.63, 3.8) is 0 Å². The Labute approximate surface area is 126 Å². The molecule has 2 fully saturated rings. The molecule has 0 radical (unpaired) electrons. The zero-order valence-electron chi connectivity index (χ0n) is 12.5. The van der Waals surface area contributed by atoms with Crippen LogP contribution in [0.2, 0.25) is 0 Å². The molecule has 1 saturated heterocycles. The highest BCUT2D eigenvalue weighted by Gasteiger charge is 2.38. The van der Waals surface area contributed by atoms with E-state index in [1.165, 1.54) is 12.8 Å². The van der Waals surface area contributed by atoms with E-state index in [9.17, 15) is 8.42 Å². The van der Waals surface area contributed by atoms with Gasteiger partial charge in [0.1, 0.15) is 0 Å². The second-order valence-corrected chi connectivity index (χ2v) is 7.91. The van der Waals surface area contributed by atoms with Gasteiger partial charge in [0, 0.05) is 30.4 Å². The molecule has 1 aliphatic heterocycles. The van der Waals surface area contributed by atoms with E-state index in [1.807, 2.05) is 6.07 Å². The molecule has 6 heteroatoms. The Morgan fingerprint density at radius 1 is 1.33 bits per heavy atom. The summed E-state index contributed by atoms with van der Waals surface area (Å²) >= 11 is 0. The Hall–Kier alpha value is -1.11. The second-order valence-electron chi connectivity index (χ2n) is 6.38. The minimum atomic E-state index is -3.67. The van der Waals surface area contributed by atoms with Gasteiger partial charge in [0.2, 0.25) is 10.0 Å². The van der Waals surface area contributed by atoms with Gasteiger partial charge in [0.25, 0.3) is 0 Å². The lowest BCUT2D eigenvalue weighted by Gasteiger charge is -2.20. The number of sulfonamides is 1. The molecule has 1 aromatic rings. The molecule has 1 aromatic carbocycles. The summed E-state index contributed by atoms with van der Waals surface area (Å²) < 4.78 is 23.2. The van der Waals surface area contributed by atoms with Gasteiger partial charge in [0.05, 0.1) is 4.90 Å². The SMILES string of the molecule is Cc1ccc(NC2CC(C)N(C3CC3)C2)cc1S(N)(=O)=O. The van der Waals surface area contributed by atoms with Gasteiger partial charge in [0.15, 0.2) is 0 Å². The van der Waals surface area contributed by atoms with E-state index >= 15 is 0 Å². The maximum atomic E-state index is 11.6. The number of nitrogens with one attached hydrogen (secondary N) is 1. The van der Waals surface area contributed by atoms with E-state index in [1.54, 1.807) is 19.1 Å². The molecule has 1 heterocycles. The van der Waals surface area contributed by atoms with Gasteiger partial charge in [-0.05, 0) is 50.8 Å². The maximum Gasteiger partial charge on any atom is 0.238 e. The largest absolute Gasteiger partial charge is 0.381 e. The van der Waals surface area contributed by atoms with Gasteiger partial charge < -0.3 is 5.32 Å². The minimum Gasteiger partial charge on any atom is -0.381 e. The average Bonchev–Trinajstić information content (AvgIpc) is 3.15. The Morgan fingerprint density at radius 3 is 2.67 bits per heavy atom. The van der Waals surface area contributed by atoms with Crippen molar-refractivity contribution in [2.24, 2.45) is 5.14 Å². The van der Waals surface area contributed by atoms with Crippen molar-refractivity contribution in [1.29, 1.82) is 0 Å². The predicted octanol–water partition coefficient (Wildman–Crippen LogP) is 1.68. The van der Waals surface area contributed by atoms with Crippen molar-refractivity contribution >= 4 is 15.7 Å². The molecule has 0 spiro atoms. The number of anilines is 1. The number of hydrogen-bond acceptors (Lipinski definition) is 4. The van der Waals surface area contributed by atoms with Crippen LogP contribution in [0.5, 0.6) is 0 Å². The first-order valence-corrected chi connectivity index (χ1v) is 9.05. The fraction of sp³-hybridized carbons (Fsp3) is 0.600. The van der Waals surface area contributed by atoms with Crippen molar-refractivity contribution in [2.75, 3.05) is 11.9 Å². The zero-order chi connectivity index (χ0) is 15.2. The molecule has 2 atom stereocenters. The quantitative estimate of drug-likeness (QED) is 0.887. The lowest BCUT2D eigenvalue weighted by Crippen LogP contribution is -2.31. The third kappa shape index (κ3) is 3.22. The first kappa shape index (κ1) is 14.8. The van der Waals surface area contributed by atoms with E-state index in [2.05, 4.69) is 17.1 Å². The number of nitrogens with two attached hydrogens (primary N) is 1. The summed E-state index contributed by atoms with van der Waals surface area (Å²) in [6, 6.07) is 7.11. The number of likely N-dealkylation sites (tertiary alicyclic amines) is 1. The van der Waals surface area contributed by atoms with Gasteiger partial charge in [-0.1, -0.05) is 6.07 Å². The van der Waals surface area contributed by atoms with Gasteiger partial charge in [-0.15, -0.1) is 0 Å². The normalized spacial score (nSPS) is 27.0. The zero-order valence-corrected chi connectivity index (χ0v) is 13.4. The summed E-state index contributed by atoms with van der Waals surface area (Å²) in [7, 11) is -3.67. The van der Waals surface area contributed by atoms with Crippen LogP contribution in [-0.2, 0) is 10.0 Å². The van der Waals surface area contributed by atoms with Gasteiger partial charge >= 0.3 is 0 Å². The topological polar surface area (TPSA) is 75.4 Å². The van der Waals surface area contributed by atoms with E-state index < -0.39 is 10.0 Å². The molecular weight excluding hydrogens is 286 g/mol. The summed E-state index contributed by atoms with van der Waals surface area (Å²) in [5, 5.41) is 8.72. The number of benzene rings is 1. The molecule has 1 aliphatic carbocycles. The Kier molecular flexibility index (Phi) is 3.71. The number of aryl methyl sites for hydroxylation is 1. The van der Waals surface area contributed by atoms with Crippen LogP contribution in [0.3, 0.4) is 0 Å². The summed E-state index contributed by atoms with van der Waals surface area (Å²) in [6.45, 7) is 5.06. The molecule has 21 heavy (non-hydrogen) atoms. The highest BCUT2D eigenvalue weighted by atomic mass is 32.2. The van der Waals surface area contributed by atoms with E-state index in [0.29, 0.717) is 17.6 Å². The van der Waals surface area contributed by atoms with Crippen molar-refractivity contribution in [3.8, 4) is 0 Å². The first-order chi connectivity index (χ1) is 9.84. The number of nitrogens with zero attached hydrogens (tertiary/aromatic N) is 1. The lowest BCUT2D eigenvalue weighted by molar-refractivity contribution is 0.257. The Bertz CT molecular complexity index is 640. The first-order valence-electron chi connectivity index (χ1n) is 7.50. The molecule has 1 saturated carbocycles. The van der Waals surface area contributed by atoms with Crippen LogP contribution in [0.1, 0.15) is 31.7 Å². The second kappa shape index (κ2) is 5.26. The van der Waals surface area contributed by atoms with E-state index in [0.717, 1.165) is 24.7 Å².